The van der Waals surface area contributed by atoms with Gasteiger partial charge in [-0.2, -0.15) is 13.2 Å². The predicted octanol–water partition coefficient (Wildman–Crippen LogP) is 4.39. The molecular weight excluding hydrogens is 329 g/mol. The maximum Gasteiger partial charge on any atom is 0.417 e. The lowest BCUT2D eigenvalue weighted by atomic mass is 10.0. The third-order valence-electron chi connectivity index (χ3n) is 3.21. The third kappa shape index (κ3) is 3.14. The second kappa shape index (κ2) is 5.58. The summed E-state index contributed by atoms with van der Waals surface area (Å²) in [5.74, 6) is 0.0809. The zero-order valence-electron chi connectivity index (χ0n) is 11.5. The number of aromatic amines is 1. The maximum atomic E-state index is 13.2. The fourth-order valence-electron chi connectivity index (χ4n) is 2.21. The van der Waals surface area contributed by atoms with E-state index < -0.39 is 11.7 Å². The van der Waals surface area contributed by atoms with Gasteiger partial charge in [-0.15, -0.1) is 0 Å². The topological polar surface area (TPSA) is 67.6 Å². The Bertz CT molecular complexity index is 858. The van der Waals surface area contributed by atoms with E-state index in [4.69, 9.17) is 17.3 Å². The van der Waals surface area contributed by atoms with E-state index in [0.29, 0.717) is 11.4 Å². The summed E-state index contributed by atoms with van der Waals surface area (Å²) in [7, 11) is 0. The van der Waals surface area contributed by atoms with Gasteiger partial charge in [-0.25, -0.2) is 9.97 Å². The van der Waals surface area contributed by atoms with Crippen molar-refractivity contribution < 1.29 is 13.2 Å². The molecule has 2 heterocycles. The highest BCUT2D eigenvalue weighted by atomic mass is 35.5. The van der Waals surface area contributed by atoms with Crippen LogP contribution in [0.15, 0.2) is 42.6 Å². The van der Waals surface area contributed by atoms with Crippen LogP contribution in [0.5, 0.6) is 0 Å². The fraction of sp³-hybridized carbons (Fsp3) is 0.0667. The molecule has 0 fully saturated rings. The summed E-state index contributed by atoms with van der Waals surface area (Å²) in [6.45, 7) is 0. The molecule has 1 aromatic carbocycles. The van der Waals surface area contributed by atoms with Crippen molar-refractivity contribution in [2.75, 3.05) is 5.73 Å². The first kappa shape index (κ1) is 15.4. The van der Waals surface area contributed by atoms with E-state index in [1.165, 1.54) is 24.4 Å². The van der Waals surface area contributed by atoms with Crippen molar-refractivity contribution >= 4 is 17.5 Å². The van der Waals surface area contributed by atoms with E-state index in [1.54, 1.807) is 12.1 Å². The van der Waals surface area contributed by atoms with Gasteiger partial charge in [-0.05, 0) is 36.4 Å². The molecule has 3 N–H and O–H groups in total. The molecule has 23 heavy (non-hydrogen) atoms. The Morgan fingerprint density at radius 3 is 2.48 bits per heavy atom. The van der Waals surface area contributed by atoms with Crippen LogP contribution in [-0.2, 0) is 6.18 Å². The molecule has 3 aromatic rings. The van der Waals surface area contributed by atoms with Crippen LogP contribution in [-0.4, -0.2) is 15.0 Å². The van der Waals surface area contributed by atoms with Gasteiger partial charge in [0.2, 0.25) is 5.95 Å². The summed E-state index contributed by atoms with van der Waals surface area (Å²) in [5.41, 5.74) is 6.02. The summed E-state index contributed by atoms with van der Waals surface area (Å²) in [4.78, 5) is 10.7. The molecule has 2 aromatic heterocycles. The molecule has 0 aliphatic carbocycles. The zero-order chi connectivity index (χ0) is 16.6. The molecule has 4 nitrogen and oxygen atoms in total. The van der Waals surface area contributed by atoms with Gasteiger partial charge in [-0.3, -0.25) is 0 Å². The highest BCUT2D eigenvalue weighted by Crippen LogP contribution is 2.38. The Labute approximate surface area is 134 Å². The van der Waals surface area contributed by atoms with Crippen molar-refractivity contribution in [3.8, 4) is 22.6 Å². The van der Waals surface area contributed by atoms with Crippen LogP contribution >= 0.6 is 11.6 Å². The summed E-state index contributed by atoms with van der Waals surface area (Å²) >= 11 is 5.84. The average Bonchev–Trinajstić information content (AvgIpc) is 2.95. The number of rotatable bonds is 2. The van der Waals surface area contributed by atoms with Gasteiger partial charge in [0.15, 0.2) is 0 Å². The summed E-state index contributed by atoms with van der Waals surface area (Å²) in [6.07, 6.45) is -3.01. The van der Waals surface area contributed by atoms with Gasteiger partial charge in [0.1, 0.15) is 0 Å². The molecule has 8 heteroatoms. The highest BCUT2D eigenvalue weighted by molar-refractivity contribution is 6.30. The standard InChI is InChI=1S/C15H10ClF3N4/c16-8-1-2-10(15(17,18)19)9(7-8)11-3-4-12(22-11)13-5-6-21-14(20)23-13/h1-7,22H,(H2,20,21,23). The second-order valence-electron chi connectivity index (χ2n) is 4.77. The van der Waals surface area contributed by atoms with Gasteiger partial charge in [0, 0.05) is 22.5 Å². The summed E-state index contributed by atoms with van der Waals surface area (Å²) in [5, 5.41) is 0.218. The van der Waals surface area contributed by atoms with Crippen LogP contribution in [0.4, 0.5) is 19.1 Å². The fourth-order valence-corrected chi connectivity index (χ4v) is 2.38. The number of aromatic nitrogens is 3. The number of nitrogen functional groups attached to an aromatic ring is 1. The molecule has 0 bridgehead atoms. The highest BCUT2D eigenvalue weighted by Gasteiger charge is 2.34. The SMILES string of the molecule is Nc1nccc(-c2ccc(-c3cc(Cl)ccc3C(F)(F)F)[nH]2)n1. The van der Waals surface area contributed by atoms with Crippen LogP contribution in [0.1, 0.15) is 5.56 Å². The molecule has 0 atom stereocenters. The minimum atomic E-state index is -4.48. The van der Waals surface area contributed by atoms with Crippen LogP contribution in [0.3, 0.4) is 0 Å². The first-order valence-corrected chi connectivity index (χ1v) is 6.87. The molecular formula is C15H10ClF3N4. The second-order valence-corrected chi connectivity index (χ2v) is 5.21. The quantitative estimate of drug-likeness (QED) is 0.728. The lowest BCUT2D eigenvalue weighted by Gasteiger charge is -2.12. The maximum absolute atomic E-state index is 13.2. The number of hydrogen-bond donors (Lipinski definition) is 2. The Kier molecular flexibility index (Phi) is 3.73. The Hall–Kier alpha value is -2.54. The van der Waals surface area contributed by atoms with Gasteiger partial charge < -0.3 is 10.7 Å². The van der Waals surface area contributed by atoms with Crippen molar-refractivity contribution in [2.45, 2.75) is 6.18 Å². The molecule has 0 radical (unpaired) electrons. The lowest BCUT2D eigenvalue weighted by Crippen LogP contribution is -2.07. The molecule has 118 valence electrons. The summed E-state index contributed by atoms with van der Waals surface area (Å²) in [6, 6.07) is 8.21. The van der Waals surface area contributed by atoms with Gasteiger partial charge in [-0.1, -0.05) is 11.6 Å². The van der Waals surface area contributed by atoms with E-state index in [0.717, 1.165) is 6.07 Å². The van der Waals surface area contributed by atoms with Gasteiger partial charge >= 0.3 is 6.18 Å². The zero-order valence-corrected chi connectivity index (χ0v) is 12.3. The number of anilines is 1. The number of nitrogens with zero attached hydrogens (tertiary/aromatic N) is 2. The Balaban J connectivity index is 2.09. The predicted molar refractivity (Wildman–Crippen MR) is 81.7 cm³/mol. The van der Waals surface area contributed by atoms with Crippen LogP contribution in [0, 0.1) is 0 Å². The molecule has 0 aliphatic heterocycles. The first-order valence-electron chi connectivity index (χ1n) is 6.49. The number of H-pyrrole nitrogens is 1. The van der Waals surface area contributed by atoms with E-state index in [1.807, 2.05) is 0 Å². The van der Waals surface area contributed by atoms with Crippen molar-refractivity contribution in [3.05, 3.63) is 53.2 Å². The molecule has 0 amide bonds. The number of halogens is 4. The largest absolute Gasteiger partial charge is 0.417 e. The van der Waals surface area contributed by atoms with Crippen molar-refractivity contribution in [1.29, 1.82) is 0 Å². The van der Waals surface area contributed by atoms with E-state index >= 15 is 0 Å². The molecule has 3 rings (SSSR count). The van der Waals surface area contributed by atoms with E-state index in [-0.39, 0.29) is 22.2 Å². The Morgan fingerprint density at radius 1 is 1.04 bits per heavy atom. The number of nitrogens with two attached hydrogens (primary N) is 1. The number of nitrogens with one attached hydrogen (secondary N) is 1. The number of alkyl halides is 3. The summed E-state index contributed by atoms with van der Waals surface area (Å²) < 4.78 is 39.5. The van der Waals surface area contributed by atoms with E-state index in [9.17, 15) is 13.2 Å². The van der Waals surface area contributed by atoms with Crippen molar-refractivity contribution in [3.63, 3.8) is 0 Å². The number of benzene rings is 1. The average molecular weight is 339 g/mol. The van der Waals surface area contributed by atoms with Crippen LogP contribution in [0.25, 0.3) is 22.6 Å². The minimum absolute atomic E-state index is 0.0294. The monoisotopic (exact) mass is 338 g/mol. The normalized spacial score (nSPS) is 11.7. The smallest absolute Gasteiger partial charge is 0.368 e. The molecule has 0 aliphatic rings. The van der Waals surface area contributed by atoms with Crippen molar-refractivity contribution in [2.24, 2.45) is 0 Å². The van der Waals surface area contributed by atoms with Crippen molar-refractivity contribution in [1.82, 2.24) is 15.0 Å². The minimum Gasteiger partial charge on any atom is -0.368 e. The molecule has 0 saturated carbocycles. The molecule has 0 spiro atoms. The number of hydrogen-bond acceptors (Lipinski definition) is 3. The first-order chi connectivity index (χ1) is 10.8. The van der Waals surface area contributed by atoms with E-state index in [2.05, 4.69) is 15.0 Å². The third-order valence-corrected chi connectivity index (χ3v) is 3.45. The Morgan fingerprint density at radius 2 is 1.78 bits per heavy atom. The molecule has 0 saturated heterocycles. The van der Waals surface area contributed by atoms with Crippen LogP contribution < -0.4 is 5.73 Å². The van der Waals surface area contributed by atoms with Gasteiger partial charge in [0.25, 0.3) is 0 Å². The molecule has 0 unspecified atom stereocenters. The van der Waals surface area contributed by atoms with Gasteiger partial charge in [0.05, 0.1) is 17.0 Å². The van der Waals surface area contributed by atoms with Crippen LogP contribution in [0.2, 0.25) is 5.02 Å². The lowest BCUT2D eigenvalue weighted by molar-refractivity contribution is -0.137.